The fourth-order valence-electron chi connectivity index (χ4n) is 2.88. The lowest BCUT2D eigenvalue weighted by molar-refractivity contribution is -0.137. The number of rotatable bonds is 6. The fourth-order valence-corrected chi connectivity index (χ4v) is 2.88. The summed E-state index contributed by atoms with van der Waals surface area (Å²) in [5, 5.41) is 11.2. The first-order valence-corrected chi connectivity index (χ1v) is 8.45. The normalized spacial score (nSPS) is 16.3. The monoisotopic (exact) mass is 335 g/mol. The Morgan fingerprint density at radius 3 is 2.50 bits per heavy atom. The first kappa shape index (κ1) is 18.0. The smallest absolute Gasteiger partial charge is 0.305 e. The van der Waals surface area contributed by atoms with Gasteiger partial charge in [-0.05, 0) is 25.8 Å². The van der Waals surface area contributed by atoms with E-state index in [1.165, 1.54) is 23.5 Å². The molecular formula is C17H25N3O4. The van der Waals surface area contributed by atoms with Crippen molar-refractivity contribution in [1.29, 1.82) is 0 Å². The maximum absolute atomic E-state index is 12.1. The van der Waals surface area contributed by atoms with E-state index in [4.69, 9.17) is 5.11 Å². The van der Waals surface area contributed by atoms with Crippen LogP contribution in [0.1, 0.15) is 45.1 Å². The molecule has 2 heterocycles. The first-order chi connectivity index (χ1) is 11.5. The van der Waals surface area contributed by atoms with E-state index in [0.29, 0.717) is 0 Å². The maximum atomic E-state index is 12.1. The molecular weight excluding hydrogens is 310 g/mol. The standard InChI is InChI=1S/C17H25N3O4/c1-13(17(24)18-9-8-16(22)23)20-12-14(6-7-15(20)21)19-10-4-2-3-5-11-19/h6-7,12-13H,2-5,8-11H2,1H3,(H,18,24)(H,22,23). The van der Waals surface area contributed by atoms with Gasteiger partial charge in [-0.15, -0.1) is 0 Å². The lowest BCUT2D eigenvalue weighted by Gasteiger charge is -2.24. The number of nitrogens with zero attached hydrogens (tertiary/aromatic N) is 2. The van der Waals surface area contributed by atoms with Gasteiger partial charge in [0.2, 0.25) is 5.91 Å². The van der Waals surface area contributed by atoms with Crippen molar-refractivity contribution in [1.82, 2.24) is 9.88 Å². The number of nitrogens with one attached hydrogen (secondary N) is 1. The average molecular weight is 335 g/mol. The van der Waals surface area contributed by atoms with E-state index in [0.717, 1.165) is 31.6 Å². The molecule has 0 spiro atoms. The van der Waals surface area contributed by atoms with Gasteiger partial charge in [0.25, 0.3) is 5.56 Å². The van der Waals surface area contributed by atoms with Gasteiger partial charge in [-0.25, -0.2) is 0 Å². The lowest BCUT2D eigenvalue weighted by atomic mass is 10.2. The molecule has 1 aromatic heterocycles. The van der Waals surface area contributed by atoms with Gasteiger partial charge in [-0.2, -0.15) is 0 Å². The Morgan fingerprint density at radius 1 is 1.21 bits per heavy atom. The second-order valence-corrected chi connectivity index (χ2v) is 6.14. The van der Waals surface area contributed by atoms with Crippen LogP contribution in [0.25, 0.3) is 0 Å². The van der Waals surface area contributed by atoms with Gasteiger partial charge in [-0.1, -0.05) is 12.8 Å². The second-order valence-electron chi connectivity index (χ2n) is 6.14. The summed E-state index contributed by atoms with van der Waals surface area (Å²) < 4.78 is 1.41. The summed E-state index contributed by atoms with van der Waals surface area (Å²) in [4.78, 5) is 37.0. The molecule has 0 aromatic carbocycles. The number of carboxylic acids is 1. The maximum Gasteiger partial charge on any atom is 0.305 e. The van der Waals surface area contributed by atoms with Crippen molar-refractivity contribution in [2.24, 2.45) is 0 Å². The zero-order chi connectivity index (χ0) is 17.5. The SMILES string of the molecule is CC(C(=O)NCCC(=O)O)n1cc(N2CCCCCC2)ccc1=O. The molecule has 1 atom stereocenters. The number of carbonyl (C=O) groups excluding carboxylic acids is 1. The highest BCUT2D eigenvalue weighted by Gasteiger charge is 2.18. The van der Waals surface area contributed by atoms with E-state index in [1.54, 1.807) is 19.2 Å². The van der Waals surface area contributed by atoms with Gasteiger partial charge >= 0.3 is 5.97 Å². The van der Waals surface area contributed by atoms with Crippen molar-refractivity contribution in [2.75, 3.05) is 24.5 Å². The minimum atomic E-state index is -0.969. The number of pyridine rings is 1. The highest BCUT2D eigenvalue weighted by molar-refractivity contribution is 5.80. The predicted octanol–water partition coefficient (Wildman–Crippen LogP) is 1.38. The molecule has 0 radical (unpaired) electrons. The van der Waals surface area contributed by atoms with E-state index in [1.807, 2.05) is 0 Å². The van der Waals surface area contributed by atoms with Crippen molar-refractivity contribution < 1.29 is 14.7 Å². The number of amides is 1. The van der Waals surface area contributed by atoms with Crippen LogP contribution in [-0.4, -0.2) is 41.2 Å². The minimum absolute atomic E-state index is 0.0546. The summed E-state index contributed by atoms with van der Waals surface area (Å²) in [7, 11) is 0. The van der Waals surface area contributed by atoms with Crippen molar-refractivity contribution in [3.63, 3.8) is 0 Å². The Kier molecular flexibility index (Phi) is 6.40. The average Bonchev–Trinajstić information content (AvgIpc) is 2.83. The highest BCUT2D eigenvalue weighted by atomic mass is 16.4. The molecule has 1 aliphatic rings. The molecule has 1 saturated heterocycles. The number of aliphatic carboxylic acids is 1. The Morgan fingerprint density at radius 2 is 1.88 bits per heavy atom. The van der Waals surface area contributed by atoms with Crippen molar-refractivity contribution in [2.45, 2.75) is 45.1 Å². The summed E-state index contributed by atoms with van der Waals surface area (Å²) in [6.45, 7) is 3.61. The highest BCUT2D eigenvalue weighted by Crippen LogP contribution is 2.19. The van der Waals surface area contributed by atoms with Crippen LogP contribution >= 0.6 is 0 Å². The first-order valence-electron chi connectivity index (χ1n) is 8.45. The Hall–Kier alpha value is -2.31. The number of carbonyl (C=O) groups is 2. The van der Waals surface area contributed by atoms with Crippen LogP contribution in [-0.2, 0) is 9.59 Å². The summed E-state index contributed by atoms with van der Waals surface area (Å²) in [5.74, 6) is -1.32. The quantitative estimate of drug-likeness (QED) is 0.819. The zero-order valence-electron chi connectivity index (χ0n) is 14.0. The van der Waals surface area contributed by atoms with E-state index >= 15 is 0 Å². The van der Waals surface area contributed by atoms with Crippen LogP contribution in [0.5, 0.6) is 0 Å². The number of hydrogen-bond acceptors (Lipinski definition) is 4. The van der Waals surface area contributed by atoms with Crippen LogP contribution in [0.4, 0.5) is 5.69 Å². The molecule has 0 aliphatic carbocycles. The van der Waals surface area contributed by atoms with Gasteiger partial charge in [0.1, 0.15) is 6.04 Å². The van der Waals surface area contributed by atoms with Gasteiger partial charge in [0.15, 0.2) is 0 Å². The lowest BCUT2D eigenvalue weighted by Crippen LogP contribution is -2.37. The van der Waals surface area contributed by atoms with Gasteiger partial charge in [0, 0.05) is 31.9 Å². The summed E-state index contributed by atoms with van der Waals surface area (Å²) in [6, 6.07) is 2.61. The van der Waals surface area contributed by atoms with Crippen molar-refractivity contribution >= 4 is 17.6 Å². The molecule has 1 aliphatic heterocycles. The summed E-state index contributed by atoms with van der Waals surface area (Å²) in [5.41, 5.74) is 0.705. The third kappa shape index (κ3) is 4.84. The molecule has 0 bridgehead atoms. The molecule has 24 heavy (non-hydrogen) atoms. The van der Waals surface area contributed by atoms with E-state index < -0.39 is 12.0 Å². The zero-order valence-corrected chi connectivity index (χ0v) is 14.0. The molecule has 1 aromatic rings. The third-order valence-electron chi connectivity index (χ3n) is 4.33. The van der Waals surface area contributed by atoms with E-state index in [-0.39, 0.29) is 24.4 Å². The number of carboxylic acid groups (broad SMARTS) is 1. The van der Waals surface area contributed by atoms with Crippen LogP contribution in [0.2, 0.25) is 0 Å². The predicted molar refractivity (Wildman–Crippen MR) is 91.4 cm³/mol. The molecule has 0 saturated carbocycles. The second kappa shape index (κ2) is 8.52. The van der Waals surface area contributed by atoms with E-state index in [2.05, 4.69) is 10.2 Å². The summed E-state index contributed by atoms with van der Waals surface area (Å²) >= 11 is 0. The largest absolute Gasteiger partial charge is 0.481 e. The van der Waals surface area contributed by atoms with Gasteiger partial charge in [0.05, 0.1) is 12.1 Å². The topological polar surface area (TPSA) is 91.6 Å². The van der Waals surface area contributed by atoms with Gasteiger partial charge < -0.3 is 19.9 Å². The Balaban J connectivity index is 2.10. The molecule has 2 N–H and O–H groups in total. The van der Waals surface area contributed by atoms with E-state index in [9.17, 15) is 14.4 Å². The third-order valence-corrected chi connectivity index (χ3v) is 4.33. The summed E-state index contributed by atoms with van der Waals surface area (Å²) in [6.07, 6.45) is 6.29. The van der Waals surface area contributed by atoms with Crippen LogP contribution in [0, 0.1) is 0 Å². The van der Waals surface area contributed by atoms with Crippen LogP contribution in [0.3, 0.4) is 0 Å². The van der Waals surface area contributed by atoms with Gasteiger partial charge in [-0.3, -0.25) is 14.4 Å². The number of hydrogen-bond donors (Lipinski definition) is 2. The Labute approximate surface area is 141 Å². The van der Waals surface area contributed by atoms with Crippen LogP contribution < -0.4 is 15.8 Å². The number of anilines is 1. The molecule has 132 valence electrons. The van der Waals surface area contributed by atoms with Crippen molar-refractivity contribution in [3.05, 3.63) is 28.7 Å². The Bertz CT molecular complexity index is 633. The molecule has 1 fully saturated rings. The van der Waals surface area contributed by atoms with Crippen molar-refractivity contribution in [3.8, 4) is 0 Å². The molecule has 7 nitrogen and oxygen atoms in total. The number of aromatic nitrogens is 1. The minimum Gasteiger partial charge on any atom is -0.481 e. The molecule has 1 amide bonds. The molecule has 2 rings (SSSR count). The fraction of sp³-hybridized carbons (Fsp3) is 0.588. The molecule has 1 unspecified atom stereocenters. The van der Waals surface area contributed by atoms with Crippen LogP contribution in [0.15, 0.2) is 23.1 Å². The molecule has 7 heteroatoms.